The van der Waals surface area contributed by atoms with E-state index in [0.29, 0.717) is 0 Å². The Hall–Kier alpha value is -1.62. The van der Waals surface area contributed by atoms with E-state index in [9.17, 15) is 0 Å². The van der Waals surface area contributed by atoms with Crippen LogP contribution >= 0.6 is 11.3 Å². The van der Waals surface area contributed by atoms with Crippen LogP contribution in [-0.4, -0.2) is 23.1 Å². The lowest BCUT2D eigenvalue weighted by molar-refractivity contribution is 0.976. The summed E-state index contributed by atoms with van der Waals surface area (Å²) in [5.74, 6) is 0.908. The molecule has 0 aliphatic rings. The summed E-state index contributed by atoms with van der Waals surface area (Å²) in [7, 11) is 0. The van der Waals surface area contributed by atoms with E-state index >= 15 is 0 Å². The van der Waals surface area contributed by atoms with Gasteiger partial charge in [0.1, 0.15) is 5.82 Å². The fourth-order valence-electron chi connectivity index (χ4n) is 1.51. The predicted octanol–water partition coefficient (Wildman–Crippen LogP) is 2.62. The number of pyridine rings is 1. The van der Waals surface area contributed by atoms with Crippen molar-refractivity contribution in [3.05, 3.63) is 34.9 Å². The molecule has 2 aromatic heterocycles. The lowest BCUT2D eigenvalue weighted by Crippen LogP contribution is -2.06. The number of hydrogen-bond acceptors (Lipinski definition) is 5. The number of thiazole rings is 1. The van der Waals surface area contributed by atoms with Crippen molar-refractivity contribution in [2.45, 2.75) is 13.3 Å². The molecule has 2 N–H and O–H groups in total. The molecule has 2 rings (SSSR count). The van der Waals surface area contributed by atoms with Gasteiger partial charge in [0.15, 0.2) is 0 Å². The Balaban J connectivity index is 1.84. The average Bonchev–Trinajstić information content (AvgIpc) is 2.83. The number of hydrogen-bond donors (Lipinski definition) is 2. The number of nitrogens with zero attached hydrogens (tertiary/aromatic N) is 2. The second-order valence-electron chi connectivity index (χ2n) is 3.62. The Morgan fingerprint density at radius 2 is 2.24 bits per heavy atom. The largest absolute Gasteiger partial charge is 0.384 e. The van der Waals surface area contributed by atoms with Crippen LogP contribution < -0.4 is 10.6 Å². The number of nitrogens with one attached hydrogen (secondary N) is 2. The molecule has 0 aromatic carbocycles. The molecule has 0 aliphatic heterocycles. The zero-order chi connectivity index (χ0) is 11.9. The van der Waals surface area contributed by atoms with Gasteiger partial charge in [-0.25, -0.2) is 9.97 Å². The molecule has 5 heteroatoms. The topological polar surface area (TPSA) is 49.8 Å². The van der Waals surface area contributed by atoms with Crippen molar-refractivity contribution in [1.82, 2.24) is 9.97 Å². The Morgan fingerprint density at radius 3 is 3.00 bits per heavy atom. The first kappa shape index (κ1) is 11.9. The van der Waals surface area contributed by atoms with Crippen molar-refractivity contribution in [3.8, 4) is 0 Å². The Bertz CT molecular complexity index is 442. The molecule has 0 saturated heterocycles. The maximum Gasteiger partial charge on any atom is 0.127 e. The fraction of sp³-hybridized carbons (Fsp3) is 0.333. The number of anilines is 2. The smallest absolute Gasteiger partial charge is 0.127 e. The Morgan fingerprint density at radius 1 is 1.29 bits per heavy atom. The highest BCUT2D eigenvalue weighted by atomic mass is 32.1. The Labute approximate surface area is 105 Å². The standard InChI is InChI=1S/C12H16N4S/c1-2-13-12-7-10(3-6-15-12)14-5-4-11-8-17-9-16-11/h3,6-9H,2,4-5H2,1H3,(H2,13,14,15). The summed E-state index contributed by atoms with van der Waals surface area (Å²) in [6.45, 7) is 3.83. The van der Waals surface area contributed by atoms with E-state index in [1.54, 1.807) is 11.3 Å². The molecule has 0 saturated carbocycles. The first-order valence-corrected chi connectivity index (χ1v) is 6.63. The van der Waals surface area contributed by atoms with Crippen LogP contribution in [0.2, 0.25) is 0 Å². The van der Waals surface area contributed by atoms with Gasteiger partial charge in [-0.2, -0.15) is 0 Å². The Kier molecular flexibility index (Phi) is 4.32. The minimum absolute atomic E-state index is 0.884. The van der Waals surface area contributed by atoms with E-state index < -0.39 is 0 Å². The third-order valence-electron chi connectivity index (χ3n) is 2.31. The predicted molar refractivity (Wildman–Crippen MR) is 72.7 cm³/mol. The molecule has 0 spiro atoms. The number of aromatic nitrogens is 2. The van der Waals surface area contributed by atoms with Crippen molar-refractivity contribution >= 4 is 22.8 Å². The summed E-state index contributed by atoms with van der Waals surface area (Å²) in [6, 6.07) is 3.99. The van der Waals surface area contributed by atoms with E-state index in [-0.39, 0.29) is 0 Å². The summed E-state index contributed by atoms with van der Waals surface area (Å²) < 4.78 is 0. The summed E-state index contributed by atoms with van der Waals surface area (Å²) in [5, 5.41) is 8.64. The molecular weight excluding hydrogens is 232 g/mol. The molecule has 0 bridgehead atoms. The van der Waals surface area contributed by atoms with Crippen LogP contribution in [0.1, 0.15) is 12.6 Å². The molecule has 90 valence electrons. The molecule has 2 heterocycles. The zero-order valence-corrected chi connectivity index (χ0v) is 10.6. The van der Waals surface area contributed by atoms with Crippen molar-refractivity contribution in [2.75, 3.05) is 23.7 Å². The normalized spacial score (nSPS) is 10.2. The number of rotatable bonds is 6. The van der Waals surface area contributed by atoms with Crippen molar-refractivity contribution < 1.29 is 0 Å². The van der Waals surface area contributed by atoms with Crippen LogP contribution in [0, 0.1) is 0 Å². The summed E-state index contributed by atoms with van der Waals surface area (Å²) in [4.78, 5) is 8.47. The molecule has 0 atom stereocenters. The lowest BCUT2D eigenvalue weighted by atomic mass is 10.3. The van der Waals surface area contributed by atoms with Crippen LogP contribution in [0.15, 0.2) is 29.2 Å². The molecule has 17 heavy (non-hydrogen) atoms. The van der Waals surface area contributed by atoms with E-state index in [0.717, 1.165) is 36.7 Å². The van der Waals surface area contributed by atoms with E-state index in [1.807, 2.05) is 23.8 Å². The minimum Gasteiger partial charge on any atom is -0.384 e. The van der Waals surface area contributed by atoms with Gasteiger partial charge < -0.3 is 10.6 Å². The van der Waals surface area contributed by atoms with Crippen LogP contribution in [0.5, 0.6) is 0 Å². The van der Waals surface area contributed by atoms with Gasteiger partial charge >= 0.3 is 0 Å². The van der Waals surface area contributed by atoms with Crippen LogP contribution in [-0.2, 0) is 6.42 Å². The first-order chi connectivity index (χ1) is 8.38. The van der Waals surface area contributed by atoms with E-state index in [2.05, 4.69) is 32.9 Å². The zero-order valence-electron chi connectivity index (χ0n) is 9.81. The summed E-state index contributed by atoms with van der Waals surface area (Å²) >= 11 is 1.64. The first-order valence-electron chi connectivity index (χ1n) is 5.69. The van der Waals surface area contributed by atoms with Gasteiger partial charge in [-0.15, -0.1) is 11.3 Å². The van der Waals surface area contributed by atoms with Crippen LogP contribution in [0.3, 0.4) is 0 Å². The monoisotopic (exact) mass is 248 g/mol. The third kappa shape index (κ3) is 3.71. The molecule has 0 amide bonds. The van der Waals surface area contributed by atoms with E-state index in [4.69, 9.17) is 0 Å². The van der Waals surface area contributed by atoms with Gasteiger partial charge in [0.05, 0.1) is 11.2 Å². The lowest BCUT2D eigenvalue weighted by Gasteiger charge is -2.07. The highest BCUT2D eigenvalue weighted by Crippen LogP contribution is 2.11. The van der Waals surface area contributed by atoms with Gasteiger partial charge in [0.25, 0.3) is 0 Å². The van der Waals surface area contributed by atoms with Crippen molar-refractivity contribution in [3.63, 3.8) is 0 Å². The van der Waals surface area contributed by atoms with Crippen molar-refractivity contribution in [1.29, 1.82) is 0 Å². The third-order valence-corrected chi connectivity index (χ3v) is 2.95. The average molecular weight is 248 g/mol. The van der Waals surface area contributed by atoms with Gasteiger partial charge in [0, 0.05) is 42.8 Å². The summed E-state index contributed by atoms with van der Waals surface area (Å²) in [5.41, 5.74) is 4.10. The fourth-order valence-corrected chi connectivity index (χ4v) is 2.11. The maximum absolute atomic E-state index is 4.25. The molecule has 2 aromatic rings. The molecular formula is C12H16N4S. The highest BCUT2D eigenvalue weighted by Gasteiger charge is 1.97. The molecule has 0 aliphatic carbocycles. The molecule has 4 nitrogen and oxygen atoms in total. The minimum atomic E-state index is 0.884. The molecule has 0 radical (unpaired) electrons. The summed E-state index contributed by atoms with van der Waals surface area (Å²) in [6.07, 6.45) is 2.76. The maximum atomic E-state index is 4.25. The van der Waals surface area contributed by atoms with Gasteiger partial charge in [-0.05, 0) is 13.0 Å². The van der Waals surface area contributed by atoms with Gasteiger partial charge in [0.2, 0.25) is 0 Å². The molecule has 0 unspecified atom stereocenters. The van der Waals surface area contributed by atoms with Crippen LogP contribution in [0.4, 0.5) is 11.5 Å². The van der Waals surface area contributed by atoms with E-state index in [1.165, 1.54) is 0 Å². The van der Waals surface area contributed by atoms with Crippen LogP contribution in [0.25, 0.3) is 0 Å². The van der Waals surface area contributed by atoms with Gasteiger partial charge in [-0.3, -0.25) is 0 Å². The molecule has 0 fully saturated rings. The second kappa shape index (κ2) is 6.20. The second-order valence-corrected chi connectivity index (χ2v) is 4.34. The SMILES string of the molecule is CCNc1cc(NCCc2cscn2)ccn1. The highest BCUT2D eigenvalue weighted by molar-refractivity contribution is 7.07. The van der Waals surface area contributed by atoms with Gasteiger partial charge in [-0.1, -0.05) is 0 Å². The van der Waals surface area contributed by atoms with Crippen molar-refractivity contribution in [2.24, 2.45) is 0 Å². The quantitative estimate of drug-likeness (QED) is 0.825.